The van der Waals surface area contributed by atoms with Gasteiger partial charge in [0.25, 0.3) is 0 Å². The van der Waals surface area contributed by atoms with Crippen molar-refractivity contribution in [2.45, 2.75) is 13.1 Å². The molecule has 146 valence electrons. The van der Waals surface area contributed by atoms with E-state index in [0.29, 0.717) is 36.3 Å². The molecule has 7 heteroatoms. The van der Waals surface area contributed by atoms with Gasteiger partial charge in [0.15, 0.2) is 17.5 Å². The van der Waals surface area contributed by atoms with Gasteiger partial charge in [0, 0.05) is 25.7 Å². The standard InChI is InChI=1S/C20H27N3O4/c1-21-20(23-13-15-8-6-7-9-16(15)24-2)22-12-14-10-17(25-3)19(27-5)18(11-14)26-4/h6-11H,12-13H2,1-5H3,(H2,21,22,23). The van der Waals surface area contributed by atoms with Crippen molar-refractivity contribution in [3.05, 3.63) is 47.5 Å². The normalized spacial score (nSPS) is 10.9. The first-order valence-electron chi connectivity index (χ1n) is 8.52. The number of hydrogen-bond donors (Lipinski definition) is 2. The number of nitrogens with one attached hydrogen (secondary N) is 2. The van der Waals surface area contributed by atoms with Gasteiger partial charge >= 0.3 is 0 Å². The molecule has 0 amide bonds. The maximum Gasteiger partial charge on any atom is 0.203 e. The number of rotatable bonds is 8. The molecule has 0 heterocycles. The molecule has 0 aliphatic heterocycles. The lowest BCUT2D eigenvalue weighted by atomic mass is 10.1. The fourth-order valence-electron chi connectivity index (χ4n) is 2.67. The first-order valence-corrected chi connectivity index (χ1v) is 8.52. The Morgan fingerprint density at radius 2 is 1.41 bits per heavy atom. The lowest BCUT2D eigenvalue weighted by Crippen LogP contribution is -2.36. The second-order valence-corrected chi connectivity index (χ2v) is 5.62. The average Bonchev–Trinajstić information content (AvgIpc) is 2.73. The van der Waals surface area contributed by atoms with Crippen LogP contribution in [0.25, 0.3) is 0 Å². The third-order valence-corrected chi connectivity index (χ3v) is 4.05. The van der Waals surface area contributed by atoms with Gasteiger partial charge in [-0.3, -0.25) is 4.99 Å². The molecular formula is C20H27N3O4. The Kier molecular flexibility index (Phi) is 7.61. The van der Waals surface area contributed by atoms with Crippen LogP contribution in [0.2, 0.25) is 0 Å². The van der Waals surface area contributed by atoms with Gasteiger partial charge < -0.3 is 29.6 Å². The Labute approximate surface area is 160 Å². The Hall–Kier alpha value is -3.09. The summed E-state index contributed by atoms with van der Waals surface area (Å²) in [5, 5.41) is 6.56. The van der Waals surface area contributed by atoms with Crippen molar-refractivity contribution < 1.29 is 18.9 Å². The second kappa shape index (κ2) is 10.2. The molecule has 0 radical (unpaired) electrons. The molecule has 0 saturated heterocycles. The molecule has 7 nitrogen and oxygen atoms in total. The van der Waals surface area contributed by atoms with Gasteiger partial charge in [-0.25, -0.2) is 0 Å². The van der Waals surface area contributed by atoms with Gasteiger partial charge in [0.1, 0.15) is 5.75 Å². The van der Waals surface area contributed by atoms with Crippen LogP contribution in [-0.4, -0.2) is 41.4 Å². The van der Waals surface area contributed by atoms with Gasteiger partial charge in [-0.15, -0.1) is 0 Å². The zero-order valence-electron chi connectivity index (χ0n) is 16.5. The van der Waals surface area contributed by atoms with Crippen molar-refractivity contribution in [1.29, 1.82) is 0 Å². The SMILES string of the molecule is CN=C(NCc1cc(OC)c(OC)c(OC)c1)NCc1ccccc1OC. The quantitative estimate of drug-likeness (QED) is 0.547. The van der Waals surface area contributed by atoms with Crippen molar-refractivity contribution in [2.75, 3.05) is 35.5 Å². The highest BCUT2D eigenvalue weighted by molar-refractivity contribution is 5.79. The first-order chi connectivity index (χ1) is 13.2. The molecule has 0 spiro atoms. The van der Waals surface area contributed by atoms with Crippen molar-refractivity contribution in [3.63, 3.8) is 0 Å². The molecule has 0 bridgehead atoms. The van der Waals surface area contributed by atoms with E-state index in [1.807, 2.05) is 36.4 Å². The van der Waals surface area contributed by atoms with Crippen LogP contribution in [0.15, 0.2) is 41.4 Å². The van der Waals surface area contributed by atoms with E-state index in [-0.39, 0.29) is 0 Å². The number of ether oxygens (including phenoxy) is 4. The lowest BCUT2D eigenvalue weighted by molar-refractivity contribution is 0.323. The molecule has 0 aliphatic rings. The van der Waals surface area contributed by atoms with Crippen LogP contribution < -0.4 is 29.6 Å². The monoisotopic (exact) mass is 373 g/mol. The first kappa shape index (κ1) is 20.2. The summed E-state index contributed by atoms with van der Waals surface area (Å²) in [5.74, 6) is 3.32. The third-order valence-electron chi connectivity index (χ3n) is 4.05. The minimum absolute atomic E-state index is 0.544. The van der Waals surface area contributed by atoms with Gasteiger partial charge in [0.05, 0.1) is 28.4 Å². The van der Waals surface area contributed by atoms with Crippen LogP contribution in [0.1, 0.15) is 11.1 Å². The highest BCUT2D eigenvalue weighted by Gasteiger charge is 2.13. The van der Waals surface area contributed by atoms with E-state index in [9.17, 15) is 0 Å². The van der Waals surface area contributed by atoms with Crippen LogP contribution >= 0.6 is 0 Å². The minimum atomic E-state index is 0.544. The molecule has 27 heavy (non-hydrogen) atoms. The van der Waals surface area contributed by atoms with Crippen LogP contribution in [-0.2, 0) is 13.1 Å². The Bertz CT molecular complexity index is 753. The molecule has 2 aromatic rings. The zero-order chi connectivity index (χ0) is 19.6. The van der Waals surface area contributed by atoms with E-state index in [0.717, 1.165) is 16.9 Å². The number of benzene rings is 2. The summed E-state index contributed by atoms with van der Waals surface area (Å²) < 4.78 is 21.5. The molecule has 0 atom stereocenters. The maximum absolute atomic E-state index is 5.39. The van der Waals surface area contributed by atoms with Crippen LogP contribution in [0, 0.1) is 0 Å². The average molecular weight is 373 g/mol. The number of nitrogens with zero attached hydrogens (tertiary/aromatic N) is 1. The molecule has 2 rings (SSSR count). The predicted molar refractivity (Wildman–Crippen MR) is 106 cm³/mol. The molecule has 0 saturated carbocycles. The van der Waals surface area contributed by atoms with E-state index < -0.39 is 0 Å². The lowest BCUT2D eigenvalue weighted by Gasteiger charge is -2.16. The molecule has 0 fully saturated rings. The minimum Gasteiger partial charge on any atom is -0.496 e. The summed E-state index contributed by atoms with van der Waals surface area (Å²) >= 11 is 0. The highest BCUT2D eigenvalue weighted by atomic mass is 16.5. The molecule has 0 unspecified atom stereocenters. The summed E-state index contributed by atoms with van der Waals surface area (Å²) in [7, 11) is 8.18. The third kappa shape index (κ3) is 5.20. The van der Waals surface area contributed by atoms with E-state index in [1.54, 1.807) is 35.5 Å². The Balaban J connectivity index is 2.03. The number of para-hydroxylation sites is 1. The Morgan fingerprint density at radius 1 is 0.815 bits per heavy atom. The van der Waals surface area contributed by atoms with Crippen LogP contribution in [0.5, 0.6) is 23.0 Å². The highest BCUT2D eigenvalue weighted by Crippen LogP contribution is 2.38. The van der Waals surface area contributed by atoms with Gasteiger partial charge in [-0.1, -0.05) is 18.2 Å². The molecule has 2 N–H and O–H groups in total. The smallest absolute Gasteiger partial charge is 0.203 e. The number of aliphatic imine (C=N–C) groups is 1. The number of guanidine groups is 1. The van der Waals surface area contributed by atoms with E-state index in [4.69, 9.17) is 18.9 Å². The Morgan fingerprint density at radius 3 is 1.96 bits per heavy atom. The summed E-state index contributed by atoms with van der Waals surface area (Å²) in [6, 6.07) is 11.7. The topological polar surface area (TPSA) is 73.3 Å². The number of methoxy groups -OCH3 is 4. The second-order valence-electron chi connectivity index (χ2n) is 5.62. The fourth-order valence-corrected chi connectivity index (χ4v) is 2.67. The summed E-state index contributed by atoms with van der Waals surface area (Å²) in [6.45, 7) is 1.14. The molecule has 0 aromatic heterocycles. The summed E-state index contributed by atoms with van der Waals surface area (Å²) in [6.07, 6.45) is 0. The maximum atomic E-state index is 5.39. The van der Waals surface area contributed by atoms with Crippen molar-refractivity contribution in [1.82, 2.24) is 10.6 Å². The van der Waals surface area contributed by atoms with Crippen molar-refractivity contribution in [3.8, 4) is 23.0 Å². The van der Waals surface area contributed by atoms with Crippen molar-refractivity contribution in [2.24, 2.45) is 4.99 Å². The summed E-state index contributed by atoms with van der Waals surface area (Å²) in [4.78, 5) is 4.26. The molecular weight excluding hydrogens is 346 g/mol. The van der Waals surface area contributed by atoms with Gasteiger partial charge in [-0.05, 0) is 23.8 Å². The van der Waals surface area contributed by atoms with Crippen LogP contribution in [0.4, 0.5) is 0 Å². The summed E-state index contributed by atoms with van der Waals surface area (Å²) in [5.41, 5.74) is 2.03. The largest absolute Gasteiger partial charge is 0.496 e. The zero-order valence-corrected chi connectivity index (χ0v) is 16.5. The number of hydrogen-bond acceptors (Lipinski definition) is 5. The van der Waals surface area contributed by atoms with Gasteiger partial charge in [-0.2, -0.15) is 0 Å². The fraction of sp³-hybridized carbons (Fsp3) is 0.350. The van der Waals surface area contributed by atoms with E-state index in [2.05, 4.69) is 15.6 Å². The molecule has 0 aliphatic carbocycles. The van der Waals surface area contributed by atoms with Crippen molar-refractivity contribution >= 4 is 5.96 Å². The van der Waals surface area contributed by atoms with E-state index >= 15 is 0 Å². The van der Waals surface area contributed by atoms with Gasteiger partial charge in [0.2, 0.25) is 5.75 Å². The van der Waals surface area contributed by atoms with E-state index in [1.165, 1.54) is 0 Å². The predicted octanol–water partition coefficient (Wildman–Crippen LogP) is 2.59. The molecule has 2 aromatic carbocycles. The van der Waals surface area contributed by atoms with Crippen LogP contribution in [0.3, 0.4) is 0 Å².